The first-order valence-electron chi connectivity index (χ1n) is 5.29. The highest BCUT2D eigenvalue weighted by Crippen LogP contribution is 2.27. The average molecular weight is 182 g/mol. The van der Waals surface area contributed by atoms with Gasteiger partial charge in [0.2, 0.25) is 0 Å². The summed E-state index contributed by atoms with van der Waals surface area (Å²) < 4.78 is 0. The van der Waals surface area contributed by atoms with E-state index >= 15 is 0 Å². The molecule has 1 heterocycles. The van der Waals surface area contributed by atoms with Crippen molar-refractivity contribution in [3.05, 3.63) is 0 Å². The van der Waals surface area contributed by atoms with E-state index in [-0.39, 0.29) is 0 Å². The van der Waals surface area contributed by atoms with Crippen LogP contribution in [-0.2, 0) is 0 Å². The van der Waals surface area contributed by atoms with E-state index < -0.39 is 0 Å². The Hall–Kier alpha value is -0.530. The van der Waals surface area contributed by atoms with Gasteiger partial charge in [0, 0.05) is 19.2 Å². The molecule has 0 saturated carbocycles. The smallest absolute Gasteiger partial charge is 0.0550 e. The van der Waals surface area contributed by atoms with E-state index in [2.05, 4.69) is 51.1 Å². The van der Waals surface area contributed by atoms with Crippen molar-refractivity contribution in [3.63, 3.8) is 0 Å². The van der Waals surface area contributed by atoms with Crippen LogP contribution in [0.15, 0.2) is 5.10 Å². The van der Waals surface area contributed by atoms with Gasteiger partial charge in [-0.25, -0.2) is 0 Å². The van der Waals surface area contributed by atoms with Crippen LogP contribution in [0.5, 0.6) is 0 Å². The number of hydrogen-bond acceptors (Lipinski definition) is 2. The highest BCUT2D eigenvalue weighted by molar-refractivity contribution is 5.63. The molecule has 0 aromatic rings. The van der Waals surface area contributed by atoms with Crippen molar-refractivity contribution < 1.29 is 0 Å². The Kier molecular flexibility index (Phi) is 3.34. The Morgan fingerprint density at radius 1 is 1.31 bits per heavy atom. The lowest BCUT2D eigenvalue weighted by Gasteiger charge is -2.28. The van der Waals surface area contributed by atoms with Gasteiger partial charge >= 0.3 is 0 Å². The summed E-state index contributed by atoms with van der Waals surface area (Å²) in [6.07, 6.45) is 3.37. The minimum absolute atomic E-state index is 0.625. The third-order valence-corrected chi connectivity index (χ3v) is 2.83. The average Bonchev–Trinajstić information content (AvgIpc) is 2.32. The molecule has 0 amide bonds. The molecule has 2 heteroatoms. The van der Waals surface area contributed by atoms with Crippen molar-refractivity contribution in [1.82, 2.24) is 5.01 Å². The summed E-state index contributed by atoms with van der Waals surface area (Å²) in [5.41, 5.74) is 0. The molecule has 0 radical (unpaired) electrons. The Balaban J connectivity index is 2.59. The van der Waals surface area contributed by atoms with E-state index in [1.54, 1.807) is 0 Å². The molecular formula is C11H22N2. The van der Waals surface area contributed by atoms with Gasteiger partial charge < -0.3 is 0 Å². The van der Waals surface area contributed by atoms with E-state index in [0.717, 1.165) is 5.92 Å². The fourth-order valence-corrected chi connectivity index (χ4v) is 2.03. The fraction of sp³-hybridized carbons (Fsp3) is 0.909. The van der Waals surface area contributed by atoms with Gasteiger partial charge in [0.25, 0.3) is 0 Å². The standard InChI is InChI=1S/C11H22N2/c1-8(2)6-11-10(9(3)4)7-12-13(11)5/h7-11H,6H2,1-5H3. The van der Waals surface area contributed by atoms with Gasteiger partial charge in [-0.05, 0) is 18.3 Å². The summed E-state index contributed by atoms with van der Waals surface area (Å²) >= 11 is 0. The molecule has 2 nitrogen and oxygen atoms in total. The SMILES string of the molecule is CC(C)CC1C(C(C)C)C=NN1C. The normalized spacial score (nSPS) is 28.1. The van der Waals surface area contributed by atoms with Gasteiger partial charge in [0.1, 0.15) is 0 Å². The lowest BCUT2D eigenvalue weighted by atomic mass is 9.86. The summed E-state index contributed by atoms with van der Waals surface area (Å²) in [6, 6.07) is 0.625. The third kappa shape index (κ3) is 2.45. The topological polar surface area (TPSA) is 15.6 Å². The van der Waals surface area contributed by atoms with E-state index in [0.29, 0.717) is 17.9 Å². The Labute approximate surface area is 82.0 Å². The summed E-state index contributed by atoms with van der Waals surface area (Å²) in [6.45, 7) is 9.12. The summed E-state index contributed by atoms with van der Waals surface area (Å²) in [5, 5.41) is 6.51. The van der Waals surface area contributed by atoms with Crippen LogP contribution in [0.4, 0.5) is 0 Å². The Morgan fingerprint density at radius 2 is 1.92 bits per heavy atom. The van der Waals surface area contributed by atoms with E-state index in [4.69, 9.17) is 0 Å². The fourth-order valence-electron chi connectivity index (χ4n) is 2.03. The number of hydrogen-bond donors (Lipinski definition) is 0. The molecular weight excluding hydrogens is 160 g/mol. The largest absolute Gasteiger partial charge is 0.297 e. The van der Waals surface area contributed by atoms with E-state index in [9.17, 15) is 0 Å². The number of hydrazone groups is 1. The first-order valence-corrected chi connectivity index (χ1v) is 5.29. The van der Waals surface area contributed by atoms with Crippen LogP contribution in [-0.4, -0.2) is 24.3 Å². The van der Waals surface area contributed by atoms with Gasteiger partial charge in [-0.15, -0.1) is 0 Å². The van der Waals surface area contributed by atoms with Gasteiger partial charge in [-0.3, -0.25) is 5.01 Å². The molecule has 0 N–H and O–H groups in total. The van der Waals surface area contributed by atoms with Crippen LogP contribution in [0.2, 0.25) is 0 Å². The second-order valence-electron chi connectivity index (χ2n) is 4.86. The molecule has 0 spiro atoms. The van der Waals surface area contributed by atoms with Crippen LogP contribution in [0, 0.1) is 17.8 Å². The maximum absolute atomic E-state index is 4.38. The van der Waals surface area contributed by atoms with Gasteiger partial charge in [-0.2, -0.15) is 5.10 Å². The van der Waals surface area contributed by atoms with Crippen LogP contribution in [0.25, 0.3) is 0 Å². The van der Waals surface area contributed by atoms with Crippen molar-refractivity contribution in [2.24, 2.45) is 22.9 Å². The maximum Gasteiger partial charge on any atom is 0.0550 e. The molecule has 1 aliphatic heterocycles. The summed E-state index contributed by atoms with van der Waals surface area (Å²) in [4.78, 5) is 0. The predicted molar refractivity (Wildman–Crippen MR) is 57.8 cm³/mol. The zero-order valence-corrected chi connectivity index (χ0v) is 9.49. The molecule has 0 saturated heterocycles. The molecule has 0 aromatic heterocycles. The third-order valence-electron chi connectivity index (χ3n) is 2.83. The quantitative estimate of drug-likeness (QED) is 0.655. The van der Waals surface area contributed by atoms with Gasteiger partial charge in [-0.1, -0.05) is 27.7 Å². The molecule has 76 valence electrons. The van der Waals surface area contributed by atoms with Gasteiger partial charge in [0.15, 0.2) is 0 Å². The minimum Gasteiger partial charge on any atom is -0.297 e. The Morgan fingerprint density at radius 3 is 2.38 bits per heavy atom. The van der Waals surface area contributed by atoms with Crippen LogP contribution in [0.1, 0.15) is 34.1 Å². The second-order valence-corrected chi connectivity index (χ2v) is 4.86. The van der Waals surface area contributed by atoms with Crippen molar-refractivity contribution in [1.29, 1.82) is 0 Å². The van der Waals surface area contributed by atoms with Crippen LogP contribution in [0.3, 0.4) is 0 Å². The number of rotatable bonds is 3. The lowest BCUT2D eigenvalue weighted by Crippen LogP contribution is -2.33. The maximum atomic E-state index is 4.38. The monoisotopic (exact) mass is 182 g/mol. The highest BCUT2D eigenvalue weighted by atomic mass is 15.5. The van der Waals surface area contributed by atoms with Crippen molar-refractivity contribution in [3.8, 4) is 0 Å². The first-order chi connectivity index (χ1) is 6.02. The molecule has 1 aliphatic rings. The minimum atomic E-state index is 0.625. The summed E-state index contributed by atoms with van der Waals surface area (Å²) in [7, 11) is 2.09. The zero-order chi connectivity index (χ0) is 10.0. The van der Waals surface area contributed by atoms with E-state index in [1.807, 2.05) is 0 Å². The highest BCUT2D eigenvalue weighted by Gasteiger charge is 2.30. The first kappa shape index (κ1) is 10.6. The van der Waals surface area contributed by atoms with Gasteiger partial charge in [0.05, 0.1) is 6.04 Å². The molecule has 13 heavy (non-hydrogen) atoms. The molecule has 2 atom stereocenters. The van der Waals surface area contributed by atoms with Crippen LogP contribution >= 0.6 is 0 Å². The van der Waals surface area contributed by atoms with Crippen molar-refractivity contribution in [2.45, 2.75) is 40.2 Å². The van der Waals surface area contributed by atoms with Crippen molar-refractivity contribution in [2.75, 3.05) is 7.05 Å². The molecule has 2 unspecified atom stereocenters. The van der Waals surface area contributed by atoms with Crippen LogP contribution < -0.4 is 0 Å². The second kappa shape index (κ2) is 4.12. The molecule has 0 aromatic carbocycles. The molecule has 0 bridgehead atoms. The zero-order valence-electron chi connectivity index (χ0n) is 9.49. The predicted octanol–water partition coefficient (Wildman–Crippen LogP) is 2.60. The van der Waals surface area contributed by atoms with E-state index in [1.165, 1.54) is 6.42 Å². The summed E-state index contributed by atoms with van der Waals surface area (Å²) in [5.74, 6) is 2.11. The lowest BCUT2D eigenvalue weighted by molar-refractivity contribution is 0.191. The number of nitrogens with zero attached hydrogens (tertiary/aromatic N) is 2. The Bertz CT molecular complexity index is 185. The molecule has 1 rings (SSSR count). The molecule has 0 aliphatic carbocycles. The molecule has 0 fully saturated rings. The van der Waals surface area contributed by atoms with Crippen molar-refractivity contribution >= 4 is 6.21 Å².